The Kier molecular flexibility index (Phi) is 6.72. The highest BCUT2D eigenvalue weighted by Gasteiger charge is 2.06. The first-order valence-corrected chi connectivity index (χ1v) is 7.90. The topological polar surface area (TPSA) is 35.0 Å². The van der Waals surface area contributed by atoms with Crippen LogP contribution >= 0.6 is 0 Å². The van der Waals surface area contributed by atoms with Crippen LogP contribution in [0.1, 0.15) is 45.4 Å². The molecule has 3 heteroatoms. The van der Waals surface area contributed by atoms with Gasteiger partial charge < -0.3 is 4.74 Å². The Morgan fingerprint density at radius 2 is 1.76 bits per heavy atom. The molecule has 0 spiro atoms. The van der Waals surface area contributed by atoms with E-state index < -0.39 is 0 Å². The molecule has 3 nitrogen and oxygen atoms in total. The van der Waals surface area contributed by atoms with Gasteiger partial charge in [0.1, 0.15) is 12.1 Å². The lowest BCUT2D eigenvalue weighted by Crippen LogP contribution is -1.99. The Balaban J connectivity index is 1.84. The molecule has 0 saturated heterocycles. The van der Waals surface area contributed by atoms with Crippen LogP contribution in [0.3, 0.4) is 0 Å². The van der Waals surface area contributed by atoms with Gasteiger partial charge in [0, 0.05) is 11.8 Å². The molecule has 0 unspecified atom stereocenters. The average Bonchev–Trinajstić information content (AvgIpc) is 2.55. The molecule has 0 radical (unpaired) electrons. The van der Waals surface area contributed by atoms with Gasteiger partial charge in [-0.2, -0.15) is 0 Å². The summed E-state index contributed by atoms with van der Waals surface area (Å²) in [7, 11) is 0. The van der Waals surface area contributed by atoms with E-state index in [2.05, 4.69) is 16.9 Å². The van der Waals surface area contributed by atoms with Crippen LogP contribution in [0, 0.1) is 0 Å². The third kappa shape index (κ3) is 5.18. The molecule has 0 fully saturated rings. The second kappa shape index (κ2) is 9.11. The van der Waals surface area contributed by atoms with Gasteiger partial charge in [-0.05, 0) is 24.6 Å². The van der Waals surface area contributed by atoms with Crippen LogP contribution in [-0.2, 0) is 0 Å². The zero-order valence-corrected chi connectivity index (χ0v) is 12.8. The Labute approximate surface area is 127 Å². The number of benzene rings is 1. The molecule has 1 aromatic carbocycles. The summed E-state index contributed by atoms with van der Waals surface area (Å²) in [6.07, 6.45) is 11.0. The predicted octanol–water partition coefficient (Wildman–Crippen LogP) is 4.88. The molecular formula is C18H24N2O. The molecule has 0 aliphatic rings. The number of unbranched alkanes of at least 4 members (excludes halogenated alkanes) is 5. The molecule has 1 heterocycles. The fourth-order valence-electron chi connectivity index (χ4n) is 2.32. The molecule has 0 N–H and O–H groups in total. The molecule has 112 valence electrons. The summed E-state index contributed by atoms with van der Waals surface area (Å²) in [5.74, 6) is 0.907. The van der Waals surface area contributed by atoms with Gasteiger partial charge in [-0.3, -0.25) is 0 Å². The standard InChI is InChI=1S/C18H24N2O/c1-2-3-4-5-6-9-14-21-18-11-8-7-10-16(18)17-12-13-19-15-20-17/h7-8,10-13,15H,2-6,9,14H2,1H3. The maximum absolute atomic E-state index is 5.94. The first-order chi connectivity index (χ1) is 10.4. The first kappa shape index (κ1) is 15.5. The maximum atomic E-state index is 5.94. The second-order valence-electron chi connectivity index (χ2n) is 5.21. The maximum Gasteiger partial charge on any atom is 0.128 e. The number of ether oxygens (including phenoxy) is 1. The summed E-state index contributed by atoms with van der Waals surface area (Å²) in [5.41, 5.74) is 1.94. The Morgan fingerprint density at radius 3 is 2.57 bits per heavy atom. The Hall–Kier alpha value is -1.90. The van der Waals surface area contributed by atoms with Crippen LogP contribution in [0.5, 0.6) is 5.75 Å². The van der Waals surface area contributed by atoms with E-state index >= 15 is 0 Å². The van der Waals surface area contributed by atoms with Crippen molar-refractivity contribution in [2.75, 3.05) is 6.61 Å². The quantitative estimate of drug-likeness (QED) is 0.615. The Morgan fingerprint density at radius 1 is 0.952 bits per heavy atom. The van der Waals surface area contributed by atoms with Crippen molar-refractivity contribution < 1.29 is 4.74 Å². The minimum Gasteiger partial charge on any atom is -0.493 e. The highest BCUT2D eigenvalue weighted by molar-refractivity contribution is 5.66. The van der Waals surface area contributed by atoms with Crippen molar-refractivity contribution in [2.24, 2.45) is 0 Å². The van der Waals surface area contributed by atoms with Gasteiger partial charge in [0.25, 0.3) is 0 Å². The summed E-state index contributed by atoms with van der Waals surface area (Å²) in [6, 6.07) is 9.97. The van der Waals surface area contributed by atoms with Crippen molar-refractivity contribution in [2.45, 2.75) is 45.4 Å². The van der Waals surface area contributed by atoms with E-state index in [9.17, 15) is 0 Å². The third-order valence-electron chi connectivity index (χ3n) is 3.50. The molecule has 21 heavy (non-hydrogen) atoms. The molecule has 0 aliphatic heterocycles. The number of aromatic nitrogens is 2. The van der Waals surface area contributed by atoms with E-state index in [1.54, 1.807) is 12.5 Å². The fraction of sp³-hybridized carbons (Fsp3) is 0.444. The number of hydrogen-bond donors (Lipinski definition) is 0. The van der Waals surface area contributed by atoms with E-state index in [0.29, 0.717) is 0 Å². The number of rotatable bonds is 9. The normalized spacial score (nSPS) is 10.5. The molecule has 2 rings (SSSR count). The van der Waals surface area contributed by atoms with Crippen LogP contribution in [0.4, 0.5) is 0 Å². The number of nitrogens with zero attached hydrogens (tertiary/aromatic N) is 2. The van der Waals surface area contributed by atoms with Crippen molar-refractivity contribution in [1.82, 2.24) is 9.97 Å². The lowest BCUT2D eigenvalue weighted by molar-refractivity contribution is 0.305. The zero-order chi connectivity index (χ0) is 14.8. The van der Waals surface area contributed by atoms with Crippen LogP contribution in [0.15, 0.2) is 42.9 Å². The van der Waals surface area contributed by atoms with Gasteiger partial charge in [-0.1, -0.05) is 51.2 Å². The zero-order valence-electron chi connectivity index (χ0n) is 12.8. The smallest absolute Gasteiger partial charge is 0.128 e. The highest BCUT2D eigenvalue weighted by atomic mass is 16.5. The molecule has 0 atom stereocenters. The van der Waals surface area contributed by atoms with E-state index in [1.807, 2.05) is 30.3 Å². The minimum absolute atomic E-state index is 0.772. The molecule has 0 bridgehead atoms. The highest BCUT2D eigenvalue weighted by Crippen LogP contribution is 2.27. The molecule has 0 saturated carbocycles. The van der Waals surface area contributed by atoms with Crippen LogP contribution in [-0.4, -0.2) is 16.6 Å². The first-order valence-electron chi connectivity index (χ1n) is 7.90. The lowest BCUT2D eigenvalue weighted by atomic mass is 10.1. The molecule has 0 amide bonds. The van der Waals surface area contributed by atoms with Gasteiger partial charge in [0.2, 0.25) is 0 Å². The van der Waals surface area contributed by atoms with Crippen molar-refractivity contribution in [3.63, 3.8) is 0 Å². The van der Waals surface area contributed by atoms with E-state index in [1.165, 1.54) is 32.1 Å². The summed E-state index contributed by atoms with van der Waals surface area (Å²) in [4.78, 5) is 8.26. The summed E-state index contributed by atoms with van der Waals surface area (Å²) >= 11 is 0. The van der Waals surface area contributed by atoms with Gasteiger partial charge >= 0.3 is 0 Å². The van der Waals surface area contributed by atoms with E-state index in [0.717, 1.165) is 30.0 Å². The third-order valence-corrected chi connectivity index (χ3v) is 3.50. The van der Waals surface area contributed by atoms with Crippen LogP contribution in [0.25, 0.3) is 11.3 Å². The minimum atomic E-state index is 0.772. The average molecular weight is 284 g/mol. The van der Waals surface area contributed by atoms with E-state index in [-0.39, 0.29) is 0 Å². The van der Waals surface area contributed by atoms with Crippen molar-refractivity contribution >= 4 is 0 Å². The molecule has 1 aromatic heterocycles. The summed E-state index contributed by atoms with van der Waals surface area (Å²) < 4.78 is 5.94. The monoisotopic (exact) mass is 284 g/mol. The van der Waals surface area contributed by atoms with Crippen molar-refractivity contribution in [3.05, 3.63) is 42.9 Å². The SMILES string of the molecule is CCCCCCCCOc1ccccc1-c1ccncn1. The van der Waals surface area contributed by atoms with Gasteiger partial charge in [0.15, 0.2) is 0 Å². The molecule has 2 aromatic rings. The number of para-hydroxylation sites is 1. The van der Waals surface area contributed by atoms with Crippen LogP contribution in [0.2, 0.25) is 0 Å². The summed E-state index contributed by atoms with van der Waals surface area (Å²) in [6.45, 7) is 3.02. The largest absolute Gasteiger partial charge is 0.493 e. The van der Waals surface area contributed by atoms with Gasteiger partial charge in [-0.25, -0.2) is 9.97 Å². The molecule has 0 aliphatic carbocycles. The van der Waals surface area contributed by atoms with Crippen molar-refractivity contribution in [1.29, 1.82) is 0 Å². The van der Waals surface area contributed by atoms with Gasteiger partial charge in [0.05, 0.1) is 12.3 Å². The number of hydrogen-bond acceptors (Lipinski definition) is 3. The van der Waals surface area contributed by atoms with Crippen LogP contribution < -0.4 is 4.74 Å². The summed E-state index contributed by atoms with van der Waals surface area (Å²) in [5, 5.41) is 0. The second-order valence-corrected chi connectivity index (χ2v) is 5.21. The Bertz CT molecular complexity index is 514. The van der Waals surface area contributed by atoms with Crippen molar-refractivity contribution in [3.8, 4) is 17.0 Å². The van der Waals surface area contributed by atoms with Gasteiger partial charge in [-0.15, -0.1) is 0 Å². The predicted molar refractivity (Wildman–Crippen MR) is 86.3 cm³/mol. The van der Waals surface area contributed by atoms with E-state index in [4.69, 9.17) is 4.74 Å². The lowest BCUT2D eigenvalue weighted by Gasteiger charge is -2.10. The fourth-order valence-corrected chi connectivity index (χ4v) is 2.32. The molecular weight excluding hydrogens is 260 g/mol.